The number of ether oxygens (including phenoxy) is 1. The molecule has 2 aromatic heterocycles. The molecule has 1 fully saturated rings. The van der Waals surface area contributed by atoms with E-state index in [1.165, 1.54) is 6.07 Å². The lowest BCUT2D eigenvalue weighted by molar-refractivity contribution is -0.127. The molecule has 3 aromatic rings. The minimum Gasteiger partial charge on any atom is -0.452 e. The molecule has 31 heavy (non-hydrogen) atoms. The molecular weight excluding hydrogens is 470 g/mol. The van der Waals surface area contributed by atoms with Gasteiger partial charge in [0, 0.05) is 48.6 Å². The first-order chi connectivity index (χ1) is 14.8. The third kappa shape index (κ3) is 4.44. The van der Waals surface area contributed by atoms with Gasteiger partial charge in [-0.15, -0.1) is 0 Å². The Labute approximate surface area is 187 Å². The second-order valence-corrected chi connectivity index (χ2v) is 8.90. The Morgan fingerprint density at radius 1 is 1.39 bits per heavy atom. The van der Waals surface area contributed by atoms with Crippen LogP contribution in [0.4, 0.5) is 8.78 Å². The summed E-state index contributed by atoms with van der Waals surface area (Å²) in [4.78, 5) is 18.7. The lowest BCUT2D eigenvalue weighted by Gasteiger charge is -2.17. The number of allylic oxidation sites excluding steroid dienone is 1. The van der Waals surface area contributed by atoms with Gasteiger partial charge in [-0.3, -0.25) is 9.78 Å². The molecule has 1 unspecified atom stereocenters. The van der Waals surface area contributed by atoms with Crippen LogP contribution in [0.5, 0.6) is 5.75 Å². The largest absolute Gasteiger partial charge is 0.452 e. The maximum Gasteiger partial charge on any atom is 0.387 e. The fraction of sp³-hybridized carbons (Fsp3) is 0.391. The van der Waals surface area contributed by atoms with Crippen molar-refractivity contribution in [2.75, 3.05) is 13.1 Å². The van der Waals surface area contributed by atoms with Crippen LogP contribution < -0.4 is 4.74 Å². The van der Waals surface area contributed by atoms with Crippen LogP contribution in [0.2, 0.25) is 0 Å². The average molecular weight is 493 g/mol. The first kappa shape index (κ1) is 21.7. The first-order valence-electron chi connectivity index (χ1n) is 10.2. The van der Waals surface area contributed by atoms with Gasteiger partial charge in [0.15, 0.2) is 11.3 Å². The Hall–Kier alpha value is -2.48. The summed E-state index contributed by atoms with van der Waals surface area (Å²) in [6.45, 7) is 2.47. The summed E-state index contributed by atoms with van der Waals surface area (Å²) in [6, 6.07) is 4.95. The molecule has 0 bridgehead atoms. The van der Waals surface area contributed by atoms with Gasteiger partial charge in [-0.25, -0.2) is 0 Å². The highest BCUT2D eigenvalue weighted by Crippen LogP contribution is 2.42. The number of pyridine rings is 1. The van der Waals surface area contributed by atoms with Gasteiger partial charge in [0.05, 0.1) is 0 Å². The van der Waals surface area contributed by atoms with E-state index in [0.29, 0.717) is 36.4 Å². The van der Waals surface area contributed by atoms with Crippen molar-refractivity contribution in [3.63, 3.8) is 0 Å². The Morgan fingerprint density at radius 2 is 2.19 bits per heavy atom. The molecule has 1 amide bonds. The molecule has 5 nitrogen and oxygen atoms in total. The topological polar surface area (TPSA) is 55.6 Å². The normalized spacial score (nSPS) is 17.6. The lowest BCUT2D eigenvalue weighted by atomic mass is 9.93. The van der Waals surface area contributed by atoms with Crippen molar-refractivity contribution in [2.24, 2.45) is 5.92 Å². The molecule has 3 heterocycles. The van der Waals surface area contributed by atoms with Gasteiger partial charge in [-0.05, 0) is 34.5 Å². The van der Waals surface area contributed by atoms with Gasteiger partial charge < -0.3 is 14.1 Å². The van der Waals surface area contributed by atoms with Gasteiger partial charge in [0.25, 0.3) is 0 Å². The Bertz CT molecular complexity index is 1140. The maximum atomic E-state index is 12.9. The number of hydrogen-bond donors (Lipinski definition) is 0. The molecule has 1 saturated heterocycles. The minimum absolute atomic E-state index is 0.0187. The molecule has 1 aliphatic heterocycles. The summed E-state index contributed by atoms with van der Waals surface area (Å²) in [5.74, 6) is 0.419. The number of nitrogens with zero attached hydrogens (tertiary/aromatic N) is 2. The quantitative estimate of drug-likeness (QED) is 0.392. The summed E-state index contributed by atoms with van der Waals surface area (Å²) in [7, 11) is 0. The van der Waals surface area contributed by atoms with E-state index in [4.69, 9.17) is 4.42 Å². The molecule has 0 saturated carbocycles. The highest BCUT2D eigenvalue weighted by molar-refractivity contribution is 9.11. The van der Waals surface area contributed by atoms with E-state index in [0.717, 1.165) is 21.9 Å². The fourth-order valence-corrected chi connectivity index (χ4v) is 4.27. The molecule has 0 spiro atoms. The van der Waals surface area contributed by atoms with E-state index < -0.39 is 6.61 Å². The predicted molar refractivity (Wildman–Crippen MR) is 119 cm³/mol. The molecule has 1 aliphatic rings. The van der Waals surface area contributed by atoms with Crippen molar-refractivity contribution in [2.45, 2.75) is 39.2 Å². The number of rotatable bonds is 7. The first-order valence-corrected chi connectivity index (χ1v) is 11.0. The van der Waals surface area contributed by atoms with Gasteiger partial charge in [0.1, 0.15) is 5.58 Å². The zero-order valence-electron chi connectivity index (χ0n) is 17.3. The Balaban J connectivity index is 1.65. The lowest BCUT2D eigenvalue weighted by Crippen LogP contribution is -2.25. The van der Waals surface area contributed by atoms with E-state index in [1.54, 1.807) is 24.5 Å². The minimum atomic E-state index is -2.96. The number of furan rings is 1. The van der Waals surface area contributed by atoms with Gasteiger partial charge in [-0.1, -0.05) is 41.9 Å². The van der Waals surface area contributed by atoms with E-state index in [2.05, 4.69) is 45.6 Å². The number of carbonyl (C=O) groups is 1. The SMILES string of the molecule is CC(C)/C(Br)=C\CCN1CC(c2ccc(OC(F)F)c3oc4ccncc4c23)CC1=O. The predicted octanol–water partition coefficient (Wildman–Crippen LogP) is 6.22. The van der Waals surface area contributed by atoms with E-state index in [1.807, 2.05) is 4.90 Å². The molecule has 4 rings (SSSR count). The average Bonchev–Trinajstić information content (AvgIpc) is 3.29. The summed E-state index contributed by atoms with van der Waals surface area (Å²) in [5, 5.41) is 1.41. The van der Waals surface area contributed by atoms with E-state index in [-0.39, 0.29) is 23.2 Å². The summed E-state index contributed by atoms with van der Waals surface area (Å²) < 4.78 is 37.4. The molecule has 1 atom stereocenters. The van der Waals surface area contributed by atoms with Crippen LogP contribution >= 0.6 is 15.9 Å². The molecule has 164 valence electrons. The van der Waals surface area contributed by atoms with Gasteiger partial charge >= 0.3 is 6.61 Å². The molecular formula is C23H23BrF2N2O3. The summed E-state index contributed by atoms with van der Waals surface area (Å²) in [6.07, 6.45) is 6.48. The van der Waals surface area contributed by atoms with Crippen LogP contribution in [0.3, 0.4) is 0 Å². The number of fused-ring (bicyclic) bond motifs is 3. The van der Waals surface area contributed by atoms with Crippen LogP contribution in [-0.4, -0.2) is 35.5 Å². The van der Waals surface area contributed by atoms with Gasteiger partial charge in [0.2, 0.25) is 5.91 Å². The highest BCUT2D eigenvalue weighted by atomic mass is 79.9. The highest BCUT2D eigenvalue weighted by Gasteiger charge is 2.32. The fourth-order valence-electron chi connectivity index (χ4n) is 4.05. The molecule has 8 heteroatoms. The van der Waals surface area contributed by atoms with E-state index >= 15 is 0 Å². The summed E-state index contributed by atoms with van der Waals surface area (Å²) in [5.41, 5.74) is 1.69. The summed E-state index contributed by atoms with van der Waals surface area (Å²) >= 11 is 3.56. The third-order valence-electron chi connectivity index (χ3n) is 5.58. The van der Waals surface area contributed by atoms with Crippen LogP contribution in [-0.2, 0) is 4.79 Å². The van der Waals surface area contributed by atoms with Crippen molar-refractivity contribution < 1.29 is 22.7 Å². The monoisotopic (exact) mass is 492 g/mol. The van der Waals surface area contributed by atoms with Crippen LogP contribution in [0.25, 0.3) is 21.9 Å². The zero-order valence-corrected chi connectivity index (χ0v) is 18.9. The van der Waals surface area contributed by atoms with E-state index in [9.17, 15) is 13.6 Å². The number of hydrogen-bond acceptors (Lipinski definition) is 4. The number of alkyl halides is 2. The van der Waals surface area contributed by atoms with Crippen molar-refractivity contribution in [3.05, 3.63) is 46.7 Å². The Morgan fingerprint density at radius 3 is 2.94 bits per heavy atom. The second-order valence-electron chi connectivity index (χ2n) is 7.98. The number of amides is 1. The number of halogens is 3. The molecule has 0 radical (unpaired) electrons. The van der Waals surface area contributed by atoms with Crippen molar-refractivity contribution in [3.8, 4) is 5.75 Å². The van der Waals surface area contributed by atoms with Crippen LogP contribution in [0.15, 0.2) is 45.6 Å². The van der Waals surface area contributed by atoms with Crippen molar-refractivity contribution in [1.82, 2.24) is 9.88 Å². The van der Waals surface area contributed by atoms with Crippen molar-refractivity contribution in [1.29, 1.82) is 0 Å². The van der Waals surface area contributed by atoms with Crippen LogP contribution in [0, 0.1) is 5.92 Å². The number of likely N-dealkylation sites (tertiary alicyclic amines) is 1. The van der Waals surface area contributed by atoms with Crippen molar-refractivity contribution >= 4 is 43.8 Å². The molecule has 1 aromatic carbocycles. The molecule has 0 N–H and O–H groups in total. The number of aromatic nitrogens is 1. The number of benzene rings is 1. The Kier molecular flexibility index (Phi) is 6.27. The third-order valence-corrected chi connectivity index (χ3v) is 6.82. The standard InChI is InChI=1S/C23H23BrF2N2O3/c1-13(2)17(24)4-3-9-28-12-14(10-20(28)29)15-5-6-19(31-23(25)26)22-21(15)16-11-27-8-7-18(16)30-22/h4-8,11,13-14,23H,3,9-10,12H2,1-2H3/b17-4+. The zero-order chi connectivity index (χ0) is 22.1. The second kappa shape index (κ2) is 8.94. The smallest absolute Gasteiger partial charge is 0.387 e. The molecule has 0 aliphatic carbocycles. The number of carbonyl (C=O) groups excluding carboxylic acids is 1. The maximum absolute atomic E-state index is 12.9. The van der Waals surface area contributed by atoms with Gasteiger partial charge in [-0.2, -0.15) is 8.78 Å². The van der Waals surface area contributed by atoms with Crippen LogP contribution in [0.1, 0.15) is 38.2 Å².